The molecule has 3 N–H and O–H groups in total. The molecule has 2 aromatic heterocycles. The molecule has 0 bridgehead atoms. The first-order valence-corrected chi connectivity index (χ1v) is 11.0. The number of carbonyl (C=O) groups excluding carboxylic acids is 2. The Morgan fingerprint density at radius 3 is 2.44 bits per heavy atom. The molecule has 0 spiro atoms. The Morgan fingerprint density at radius 1 is 1.21 bits per heavy atom. The Kier molecular flexibility index (Phi) is 5.72. The topological polar surface area (TPSA) is 90.0 Å². The number of fused-ring (bicyclic) bond motifs is 1. The third-order valence-electron chi connectivity index (χ3n) is 6.44. The van der Waals surface area contributed by atoms with Gasteiger partial charge in [0.05, 0.1) is 28.7 Å². The molecular formula is C23H25F5N4O2. The highest BCUT2D eigenvalue weighted by molar-refractivity contribution is 6.01. The Labute approximate surface area is 192 Å². The van der Waals surface area contributed by atoms with Gasteiger partial charge in [0.15, 0.2) is 11.5 Å². The van der Waals surface area contributed by atoms with Crippen molar-refractivity contribution in [1.82, 2.24) is 9.55 Å². The molecule has 0 unspecified atom stereocenters. The number of hydrogen-bond acceptors (Lipinski definition) is 4. The van der Waals surface area contributed by atoms with Crippen molar-refractivity contribution in [1.29, 1.82) is 0 Å². The summed E-state index contributed by atoms with van der Waals surface area (Å²) in [6.45, 7) is 3.61. The minimum atomic E-state index is -4.73. The first-order valence-electron chi connectivity index (χ1n) is 11.0. The van der Waals surface area contributed by atoms with Gasteiger partial charge in [-0.1, -0.05) is 13.8 Å². The average Bonchev–Trinajstić information content (AvgIpc) is 3.08. The predicted octanol–water partition coefficient (Wildman–Crippen LogP) is 5.13. The minimum Gasteiger partial charge on any atom is -0.380 e. The summed E-state index contributed by atoms with van der Waals surface area (Å²) in [5.41, 5.74) is 3.92. The smallest absolute Gasteiger partial charge is 0.380 e. The summed E-state index contributed by atoms with van der Waals surface area (Å²) in [6.07, 6.45) is -2.77. The van der Waals surface area contributed by atoms with Crippen molar-refractivity contribution < 1.29 is 31.5 Å². The number of hydrogen-bond donors (Lipinski definition) is 2. The molecule has 0 saturated heterocycles. The minimum absolute atomic E-state index is 0.00885. The van der Waals surface area contributed by atoms with Crippen molar-refractivity contribution in [2.75, 3.05) is 5.32 Å². The van der Waals surface area contributed by atoms with Crippen LogP contribution in [0.3, 0.4) is 0 Å². The first-order chi connectivity index (χ1) is 15.7. The highest BCUT2D eigenvalue weighted by atomic mass is 19.4. The van der Waals surface area contributed by atoms with Crippen molar-refractivity contribution in [2.45, 2.75) is 70.5 Å². The number of rotatable bonds is 4. The Bertz CT molecular complexity index is 1140. The average molecular weight is 484 g/mol. The molecule has 0 radical (unpaired) electrons. The van der Waals surface area contributed by atoms with E-state index in [1.54, 1.807) is 13.8 Å². The number of carbonyl (C=O) groups is 2. The molecule has 184 valence electrons. The summed E-state index contributed by atoms with van der Waals surface area (Å²) in [7, 11) is 0. The molecule has 4 rings (SSSR count). The van der Waals surface area contributed by atoms with Gasteiger partial charge < -0.3 is 15.6 Å². The molecule has 1 fully saturated rings. The van der Waals surface area contributed by atoms with E-state index in [0.29, 0.717) is 0 Å². The summed E-state index contributed by atoms with van der Waals surface area (Å²) in [6, 6.07) is 1.05. The normalized spacial score (nSPS) is 20.1. The summed E-state index contributed by atoms with van der Waals surface area (Å²) >= 11 is 0. The fourth-order valence-electron chi connectivity index (χ4n) is 4.81. The van der Waals surface area contributed by atoms with Gasteiger partial charge in [0.25, 0.3) is 5.91 Å². The van der Waals surface area contributed by atoms with E-state index < -0.39 is 34.8 Å². The number of ketones is 1. The molecule has 1 saturated carbocycles. The van der Waals surface area contributed by atoms with E-state index in [1.165, 1.54) is 16.8 Å². The highest BCUT2D eigenvalue weighted by Crippen LogP contribution is 2.43. The van der Waals surface area contributed by atoms with Crippen molar-refractivity contribution in [3.05, 3.63) is 41.0 Å². The lowest BCUT2D eigenvalue weighted by molar-refractivity contribution is -0.137. The van der Waals surface area contributed by atoms with Gasteiger partial charge in [-0.15, -0.1) is 0 Å². The number of nitrogens with zero attached hydrogens (tertiary/aromatic N) is 2. The van der Waals surface area contributed by atoms with E-state index in [1.807, 2.05) is 0 Å². The van der Waals surface area contributed by atoms with Gasteiger partial charge in [-0.05, 0) is 30.7 Å². The number of nitrogens with two attached hydrogens (primary N) is 1. The summed E-state index contributed by atoms with van der Waals surface area (Å²) in [4.78, 5) is 28.6. The standard InChI is InChI=1S/C23H25F5N4O2/c1-21(2)8-16-18(17(33)9-21)14(23(26,27)28)11-32(16)13-7-15(19(20(29)34)30-10-13)31-12-3-5-22(24,25)6-4-12/h7,10-12,31H,3-6,8-9H2,1-2H3,(H2,29,34). The lowest BCUT2D eigenvalue weighted by Crippen LogP contribution is -2.33. The van der Waals surface area contributed by atoms with Crippen LogP contribution in [0.5, 0.6) is 0 Å². The SMILES string of the molecule is CC1(C)CC(=O)c2c(C(F)(F)F)cn(-c3cnc(C(N)=O)c(NC4CCC(F)(F)CC4)c3)c2C1. The Balaban J connectivity index is 1.79. The van der Waals surface area contributed by atoms with Crippen LogP contribution in [0, 0.1) is 5.41 Å². The number of primary amides is 1. The maximum atomic E-state index is 13.8. The summed E-state index contributed by atoms with van der Waals surface area (Å²) in [5, 5.41) is 3.02. The largest absolute Gasteiger partial charge is 0.418 e. The third-order valence-corrected chi connectivity index (χ3v) is 6.44. The predicted molar refractivity (Wildman–Crippen MR) is 114 cm³/mol. The van der Waals surface area contributed by atoms with Crippen LogP contribution in [0.4, 0.5) is 27.6 Å². The monoisotopic (exact) mass is 484 g/mol. The van der Waals surface area contributed by atoms with Gasteiger partial charge in [-0.3, -0.25) is 9.59 Å². The molecule has 1 amide bonds. The second kappa shape index (κ2) is 8.06. The number of alkyl halides is 5. The van der Waals surface area contributed by atoms with E-state index in [2.05, 4.69) is 10.3 Å². The van der Waals surface area contributed by atoms with Gasteiger partial charge in [0, 0.05) is 37.2 Å². The lowest BCUT2D eigenvalue weighted by Gasteiger charge is -2.31. The van der Waals surface area contributed by atoms with Crippen LogP contribution < -0.4 is 11.1 Å². The fraction of sp³-hybridized carbons (Fsp3) is 0.522. The fourth-order valence-corrected chi connectivity index (χ4v) is 4.81. The van der Waals surface area contributed by atoms with E-state index in [0.717, 1.165) is 6.20 Å². The van der Waals surface area contributed by atoms with Crippen LogP contribution >= 0.6 is 0 Å². The van der Waals surface area contributed by atoms with E-state index in [9.17, 15) is 31.5 Å². The molecule has 0 aromatic carbocycles. The first kappa shape index (κ1) is 24.2. The zero-order valence-corrected chi connectivity index (χ0v) is 18.7. The zero-order chi connectivity index (χ0) is 25.1. The zero-order valence-electron chi connectivity index (χ0n) is 18.7. The third kappa shape index (κ3) is 4.65. The van der Waals surface area contributed by atoms with Crippen LogP contribution in [0.2, 0.25) is 0 Å². The number of nitrogens with one attached hydrogen (secondary N) is 1. The summed E-state index contributed by atoms with van der Waals surface area (Å²) < 4.78 is 69.7. The van der Waals surface area contributed by atoms with Crippen LogP contribution in [0.25, 0.3) is 5.69 Å². The summed E-state index contributed by atoms with van der Waals surface area (Å²) in [5.74, 6) is -4.19. The van der Waals surface area contributed by atoms with Gasteiger partial charge in [0.2, 0.25) is 5.92 Å². The number of aromatic nitrogens is 2. The maximum absolute atomic E-state index is 13.8. The van der Waals surface area contributed by atoms with Crippen LogP contribution in [-0.4, -0.2) is 33.2 Å². The number of pyridine rings is 1. The van der Waals surface area contributed by atoms with Gasteiger partial charge in [-0.2, -0.15) is 13.2 Å². The number of Topliss-reactive ketones (excluding diaryl/α,β-unsaturated/α-hetero) is 1. The van der Waals surface area contributed by atoms with E-state index >= 15 is 0 Å². The van der Waals surface area contributed by atoms with Crippen LogP contribution in [-0.2, 0) is 12.6 Å². The number of anilines is 1. The van der Waals surface area contributed by atoms with Gasteiger partial charge in [-0.25, -0.2) is 13.8 Å². The molecule has 2 aromatic rings. The molecule has 11 heteroatoms. The Morgan fingerprint density at radius 2 is 1.85 bits per heavy atom. The molecule has 34 heavy (non-hydrogen) atoms. The van der Waals surface area contributed by atoms with Gasteiger partial charge in [0.1, 0.15) is 0 Å². The molecule has 2 heterocycles. The van der Waals surface area contributed by atoms with Crippen molar-refractivity contribution >= 4 is 17.4 Å². The quantitative estimate of drug-likeness (QED) is 0.589. The number of amides is 1. The van der Waals surface area contributed by atoms with Crippen molar-refractivity contribution in [2.24, 2.45) is 11.1 Å². The maximum Gasteiger partial charge on any atom is 0.418 e. The lowest BCUT2D eigenvalue weighted by atomic mass is 9.75. The van der Waals surface area contributed by atoms with Crippen LogP contribution in [0.15, 0.2) is 18.5 Å². The van der Waals surface area contributed by atoms with Crippen molar-refractivity contribution in [3.8, 4) is 5.69 Å². The molecular weight excluding hydrogens is 459 g/mol. The molecule has 6 nitrogen and oxygen atoms in total. The highest BCUT2D eigenvalue weighted by Gasteiger charge is 2.44. The van der Waals surface area contributed by atoms with E-state index in [-0.39, 0.29) is 72.9 Å². The number of halogens is 5. The van der Waals surface area contributed by atoms with E-state index in [4.69, 9.17) is 5.73 Å². The second-order valence-corrected chi connectivity index (χ2v) is 9.90. The second-order valence-electron chi connectivity index (χ2n) is 9.90. The molecule has 2 aliphatic carbocycles. The Hall–Kier alpha value is -2.98. The molecule has 0 atom stereocenters. The van der Waals surface area contributed by atoms with Gasteiger partial charge >= 0.3 is 6.18 Å². The molecule has 2 aliphatic rings. The van der Waals surface area contributed by atoms with Crippen LogP contribution in [0.1, 0.15) is 78.1 Å². The van der Waals surface area contributed by atoms with Crippen molar-refractivity contribution in [3.63, 3.8) is 0 Å². The molecule has 0 aliphatic heterocycles.